The number of carboxylic acid groups (broad SMARTS) is 1. The molecule has 1 aliphatic rings. The van der Waals surface area contributed by atoms with Crippen LogP contribution in [0.4, 0.5) is 14.7 Å². The van der Waals surface area contributed by atoms with Crippen molar-refractivity contribution in [1.82, 2.24) is 5.32 Å². The second-order valence-electron chi connectivity index (χ2n) is 10.6. The van der Waals surface area contributed by atoms with Crippen LogP contribution in [0.15, 0.2) is 52.9 Å². The molecule has 3 aromatic rings. The van der Waals surface area contributed by atoms with Gasteiger partial charge in [0.1, 0.15) is 17.0 Å². The van der Waals surface area contributed by atoms with Gasteiger partial charge in [-0.3, -0.25) is 10.1 Å². The molecule has 3 N–H and O–H groups in total. The number of nitrogens with one attached hydrogen (secondary N) is 2. The van der Waals surface area contributed by atoms with E-state index in [4.69, 9.17) is 32.7 Å². The number of carbonyl (C=O) groups is 2. The Morgan fingerprint density at radius 3 is 2.49 bits per heavy atom. The van der Waals surface area contributed by atoms with Gasteiger partial charge in [-0.1, -0.05) is 62.2 Å². The first-order valence-corrected chi connectivity index (χ1v) is 12.7. The number of anilines is 1. The Morgan fingerprint density at radius 1 is 1.18 bits per heavy atom. The summed E-state index contributed by atoms with van der Waals surface area (Å²) in [5, 5.41) is 25.5. The predicted molar refractivity (Wildman–Crippen MR) is 142 cm³/mol. The van der Waals surface area contributed by atoms with Gasteiger partial charge < -0.3 is 14.8 Å². The van der Waals surface area contributed by atoms with Gasteiger partial charge in [-0.2, -0.15) is 5.26 Å². The molecule has 1 saturated heterocycles. The first-order valence-electron chi connectivity index (χ1n) is 12.0. The van der Waals surface area contributed by atoms with Crippen molar-refractivity contribution in [3.05, 3.63) is 87.1 Å². The highest BCUT2D eigenvalue weighted by Crippen LogP contribution is 2.52. The highest BCUT2D eigenvalue weighted by molar-refractivity contribution is 6.31. The zero-order valence-corrected chi connectivity index (χ0v) is 22.7. The molecule has 2 aromatic carbocycles. The number of amides is 1. The van der Waals surface area contributed by atoms with Crippen LogP contribution in [0.5, 0.6) is 0 Å². The molecule has 4 rings (SSSR count). The number of aromatic carboxylic acids is 1. The first-order chi connectivity index (χ1) is 18.3. The van der Waals surface area contributed by atoms with Gasteiger partial charge in [0.2, 0.25) is 17.6 Å². The monoisotopic (exact) mass is 575 g/mol. The van der Waals surface area contributed by atoms with Crippen molar-refractivity contribution in [1.29, 1.82) is 5.26 Å². The molecule has 39 heavy (non-hydrogen) atoms. The van der Waals surface area contributed by atoms with E-state index in [0.717, 1.165) is 6.07 Å². The summed E-state index contributed by atoms with van der Waals surface area (Å²) in [5.41, 5.74) is -2.30. The van der Waals surface area contributed by atoms with Gasteiger partial charge in [-0.25, -0.2) is 13.6 Å². The minimum Gasteiger partial charge on any atom is -0.475 e. The standard InChI is InChI=1S/C28H25Cl2F2N3O4/c1-27(2,3)12-20-28(13-33,16-8-7-14(29)11-18(16)31)22(15-5-4-6-17(30)23(15)32)24(34-20)25(36)35-21-10-9-19(39-21)26(37)38/h4-11,20,22,24,34H,12H2,1-3H3,(H,35,36)(H,37,38)/t20-,22-,24+,28-/m0/s1. The fourth-order valence-corrected chi connectivity index (χ4v) is 5.62. The summed E-state index contributed by atoms with van der Waals surface area (Å²) in [5.74, 6) is -5.53. The summed E-state index contributed by atoms with van der Waals surface area (Å²) in [6, 6.07) is 10.7. The van der Waals surface area contributed by atoms with Gasteiger partial charge in [0.05, 0.1) is 17.1 Å². The summed E-state index contributed by atoms with van der Waals surface area (Å²) >= 11 is 12.1. The van der Waals surface area contributed by atoms with Crippen LogP contribution < -0.4 is 10.6 Å². The second-order valence-corrected chi connectivity index (χ2v) is 11.5. The molecule has 1 aliphatic heterocycles. The Labute approximate surface area is 233 Å². The fourth-order valence-electron chi connectivity index (χ4n) is 5.28. The average molecular weight is 576 g/mol. The van der Waals surface area contributed by atoms with E-state index < -0.39 is 58.1 Å². The van der Waals surface area contributed by atoms with Crippen LogP contribution in [-0.4, -0.2) is 29.1 Å². The maximum absolute atomic E-state index is 15.6. The van der Waals surface area contributed by atoms with Crippen molar-refractivity contribution in [2.45, 2.75) is 50.6 Å². The van der Waals surface area contributed by atoms with E-state index in [1.807, 2.05) is 20.8 Å². The molecule has 1 fully saturated rings. The van der Waals surface area contributed by atoms with E-state index in [1.54, 1.807) is 0 Å². The lowest BCUT2D eigenvalue weighted by Gasteiger charge is -2.37. The topological polar surface area (TPSA) is 115 Å². The molecule has 0 unspecified atom stereocenters. The maximum atomic E-state index is 15.6. The number of halogens is 4. The van der Waals surface area contributed by atoms with Gasteiger partial charge in [-0.15, -0.1) is 0 Å². The largest absolute Gasteiger partial charge is 0.475 e. The second kappa shape index (κ2) is 10.6. The average Bonchev–Trinajstić information content (AvgIpc) is 3.43. The van der Waals surface area contributed by atoms with Gasteiger partial charge >= 0.3 is 5.97 Å². The molecule has 0 radical (unpaired) electrons. The Balaban J connectivity index is 1.94. The fraction of sp³-hybridized carbons (Fsp3) is 0.321. The number of carboxylic acids is 1. The molecule has 0 bridgehead atoms. The predicted octanol–water partition coefficient (Wildman–Crippen LogP) is 6.52. The molecule has 204 valence electrons. The number of nitrogens with zero attached hydrogens (tertiary/aromatic N) is 1. The molecule has 4 atom stereocenters. The third-order valence-electron chi connectivity index (χ3n) is 6.79. The van der Waals surface area contributed by atoms with Crippen molar-refractivity contribution in [3.63, 3.8) is 0 Å². The van der Waals surface area contributed by atoms with E-state index >= 15 is 8.78 Å². The molecule has 11 heteroatoms. The van der Waals surface area contributed by atoms with Gasteiger partial charge in [-0.05, 0) is 41.7 Å². The first kappa shape index (κ1) is 28.6. The molecule has 2 heterocycles. The van der Waals surface area contributed by atoms with Crippen LogP contribution in [0.2, 0.25) is 10.0 Å². The zero-order chi connectivity index (χ0) is 28.7. The van der Waals surface area contributed by atoms with E-state index in [-0.39, 0.29) is 27.1 Å². The molecule has 1 aromatic heterocycles. The third-order valence-corrected chi connectivity index (χ3v) is 7.32. The van der Waals surface area contributed by atoms with Crippen LogP contribution in [0.25, 0.3) is 0 Å². The molecule has 0 aliphatic carbocycles. The summed E-state index contributed by atoms with van der Waals surface area (Å²) in [4.78, 5) is 24.9. The van der Waals surface area contributed by atoms with Crippen molar-refractivity contribution in [2.75, 3.05) is 5.32 Å². The van der Waals surface area contributed by atoms with Gasteiger partial charge in [0.15, 0.2) is 0 Å². The quantitative estimate of drug-likeness (QED) is 0.308. The minimum absolute atomic E-state index is 0.0537. The lowest BCUT2D eigenvalue weighted by molar-refractivity contribution is -0.118. The maximum Gasteiger partial charge on any atom is 0.371 e. The number of benzene rings is 2. The molecule has 0 saturated carbocycles. The highest BCUT2D eigenvalue weighted by Gasteiger charge is 2.61. The van der Waals surface area contributed by atoms with Crippen molar-refractivity contribution in [2.24, 2.45) is 5.41 Å². The summed E-state index contributed by atoms with van der Waals surface area (Å²) in [7, 11) is 0. The van der Waals surface area contributed by atoms with Gasteiger partial charge in [0.25, 0.3) is 0 Å². The Hall–Kier alpha value is -3.45. The zero-order valence-electron chi connectivity index (χ0n) is 21.2. The van der Waals surface area contributed by atoms with E-state index in [0.29, 0.717) is 6.42 Å². The van der Waals surface area contributed by atoms with E-state index in [1.165, 1.54) is 42.5 Å². The smallest absolute Gasteiger partial charge is 0.371 e. The third kappa shape index (κ3) is 5.37. The minimum atomic E-state index is -1.79. The number of hydrogen-bond donors (Lipinski definition) is 3. The number of carbonyl (C=O) groups excluding carboxylic acids is 1. The van der Waals surface area contributed by atoms with E-state index in [2.05, 4.69) is 16.7 Å². The van der Waals surface area contributed by atoms with Crippen molar-refractivity contribution >= 4 is 41.0 Å². The SMILES string of the molecule is CC(C)(C)C[C@@H]1N[C@@H](C(=O)Nc2ccc(C(=O)O)o2)[C@H](c2cccc(Cl)c2F)[C@@]1(C#N)c1ccc(Cl)cc1F. The number of nitriles is 1. The van der Waals surface area contributed by atoms with Crippen LogP contribution in [0, 0.1) is 28.4 Å². The van der Waals surface area contributed by atoms with E-state index in [9.17, 15) is 14.9 Å². The Kier molecular flexibility index (Phi) is 7.77. The summed E-state index contributed by atoms with van der Waals surface area (Å²) in [6.45, 7) is 5.77. The Morgan fingerprint density at radius 2 is 1.90 bits per heavy atom. The number of furan rings is 1. The number of rotatable bonds is 6. The summed E-state index contributed by atoms with van der Waals surface area (Å²) in [6.07, 6.45) is 0.301. The van der Waals surface area contributed by atoms with Crippen molar-refractivity contribution in [3.8, 4) is 6.07 Å². The number of hydrogen-bond acceptors (Lipinski definition) is 5. The van der Waals surface area contributed by atoms with Crippen LogP contribution in [0.1, 0.15) is 54.8 Å². The van der Waals surface area contributed by atoms with Crippen LogP contribution in [-0.2, 0) is 10.2 Å². The molecule has 1 amide bonds. The van der Waals surface area contributed by atoms with Crippen LogP contribution >= 0.6 is 23.2 Å². The highest BCUT2D eigenvalue weighted by atomic mass is 35.5. The molecule has 7 nitrogen and oxygen atoms in total. The molecular weight excluding hydrogens is 551 g/mol. The van der Waals surface area contributed by atoms with Crippen LogP contribution in [0.3, 0.4) is 0 Å². The Bertz CT molecular complexity index is 1480. The normalized spacial score (nSPS) is 22.9. The van der Waals surface area contributed by atoms with Gasteiger partial charge in [0, 0.05) is 28.6 Å². The summed E-state index contributed by atoms with van der Waals surface area (Å²) < 4.78 is 36.4. The molecular formula is C28H25Cl2F2N3O4. The lowest BCUT2D eigenvalue weighted by atomic mass is 9.62. The lowest BCUT2D eigenvalue weighted by Crippen LogP contribution is -2.44. The molecule has 0 spiro atoms. The van der Waals surface area contributed by atoms with Crippen molar-refractivity contribution < 1.29 is 27.9 Å².